The number of carbonyl (C=O) groups is 1. The first kappa shape index (κ1) is 19.2. The maximum atomic E-state index is 13.3. The average Bonchev–Trinajstić information content (AvgIpc) is 3.24. The van der Waals surface area contributed by atoms with Crippen LogP contribution in [0.1, 0.15) is 23.5 Å². The third-order valence-electron chi connectivity index (χ3n) is 4.11. The first-order valence-corrected chi connectivity index (χ1v) is 10.6. The molecule has 1 aliphatic rings. The van der Waals surface area contributed by atoms with Crippen molar-refractivity contribution in [3.05, 3.63) is 45.1 Å². The normalized spacial score (nSPS) is 18.2. The molecule has 0 aliphatic carbocycles. The monoisotopic (exact) mass is 417 g/mol. The van der Waals surface area contributed by atoms with Gasteiger partial charge in [-0.1, -0.05) is 11.6 Å². The Balaban J connectivity index is 1.75. The molecule has 1 aromatic carbocycles. The van der Waals surface area contributed by atoms with Crippen LogP contribution in [0.4, 0.5) is 4.39 Å². The number of benzene rings is 1. The summed E-state index contributed by atoms with van der Waals surface area (Å²) in [5.74, 6) is -1.06. The lowest BCUT2D eigenvalue weighted by atomic mass is 10.2. The van der Waals surface area contributed by atoms with Crippen LogP contribution in [0, 0.1) is 12.7 Å². The molecule has 6 nitrogen and oxygen atoms in total. The quantitative estimate of drug-likeness (QED) is 0.811. The number of nitrogens with one attached hydrogen (secondary N) is 1. The van der Waals surface area contributed by atoms with E-state index in [0.717, 1.165) is 33.2 Å². The molecule has 0 radical (unpaired) electrons. The minimum Gasteiger partial charge on any atom is -0.349 e. The molecule has 0 bridgehead atoms. The Kier molecular flexibility index (Phi) is 5.61. The van der Waals surface area contributed by atoms with E-state index >= 15 is 0 Å². The van der Waals surface area contributed by atoms with Gasteiger partial charge in [0, 0.05) is 11.9 Å². The number of halogens is 2. The van der Waals surface area contributed by atoms with E-state index in [1.165, 1.54) is 11.3 Å². The smallest absolute Gasteiger partial charge is 0.243 e. The van der Waals surface area contributed by atoms with Gasteiger partial charge in [0.2, 0.25) is 15.9 Å². The summed E-state index contributed by atoms with van der Waals surface area (Å²) in [5.41, 5.74) is 0.735. The molecule has 1 N–H and O–H groups in total. The van der Waals surface area contributed by atoms with Crippen LogP contribution in [-0.4, -0.2) is 36.2 Å². The summed E-state index contributed by atoms with van der Waals surface area (Å²) < 4.78 is 40.2. The van der Waals surface area contributed by atoms with Gasteiger partial charge < -0.3 is 5.32 Å². The van der Waals surface area contributed by atoms with Gasteiger partial charge in [0.05, 0.1) is 27.2 Å². The summed E-state index contributed by atoms with van der Waals surface area (Å²) in [6.45, 7) is 2.34. The zero-order chi connectivity index (χ0) is 18.9. The molecule has 2 aromatic rings. The number of hydrogen-bond donors (Lipinski definition) is 1. The summed E-state index contributed by atoms with van der Waals surface area (Å²) in [6.07, 6.45) is 0.998. The van der Waals surface area contributed by atoms with Gasteiger partial charge in [-0.25, -0.2) is 17.8 Å². The Hall–Kier alpha value is -1.55. The molecule has 1 unspecified atom stereocenters. The second-order valence-corrected chi connectivity index (χ2v) is 9.29. The lowest BCUT2D eigenvalue weighted by molar-refractivity contribution is -0.124. The maximum absolute atomic E-state index is 13.3. The zero-order valence-corrected chi connectivity index (χ0v) is 16.3. The van der Waals surface area contributed by atoms with Crippen molar-refractivity contribution < 1.29 is 17.6 Å². The topological polar surface area (TPSA) is 79.4 Å². The number of thiazole rings is 1. The standard InChI is InChI=1S/C16H17ClFN3O3S2/c1-10-20-11(9-25-10)8-19-16(22)15-3-2-6-21(15)26(23,24)12-4-5-14(18)13(17)7-12/h4-5,7,9,15H,2-3,6,8H2,1H3,(H,19,22). The lowest BCUT2D eigenvalue weighted by Crippen LogP contribution is -2.45. The van der Waals surface area contributed by atoms with Gasteiger partial charge in [-0.2, -0.15) is 4.31 Å². The molecule has 0 saturated carbocycles. The Morgan fingerprint density at radius 3 is 2.92 bits per heavy atom. The van der Waals surface area contributed by atoms with Crippen molar-refractivity contribution in [2.24, 2.45) is 0 Å². The molecule has 1 amide bonds. The van der Waals surface area contributed by atoms with Crippen LogP contribution in [0.25, 0.3) is 0 Å². The van der Waals surface area contributed by atoms with Gasteiger partial charge in [0.15, 0.2) is 0 Å². The fourth-order valence-electron chi connectivity index (χ4n) is 2.85. The second-order valence-electron chi connectivity index (χ2n) is 5.93. The molecule has 10 heteroatoms. The highest BCUT2D eigenvalue weighted by Gasteiger charge is 2.39. The fraction of sp³-hybridized carbons (Fsp3) is 0.375. The molecule has 1 aliphatic heterocycles. The summed E-state index contributed by atoms with van der Waals surface area (Å²) in [7, 11) is -3.94. The number of sulfonamides is 1. The first-order chi connectivity index (χ1) is 12.3. The van der Waals surface area contributed by atoms with Gasteiger partial charge >= 0.3 is 0 Å². The number of carbonyl (C=O) groups excluding carboxylic acids is 1. The Morgan fingerprint density at radius 2 is 2.27 bits per heavy atom. The first-order valence-electron chi connectivity index (χ1n) is 7.94. The SMILES string of the molecule is Cc1nc(CNC(=O)C2CCCN2S(=O)(=O)c2ccc(F)c(Cl)c2)cs1. The van der Waals surface area contributed by atoms with Crippen LogP contribution in [0.5, 0.6) is 0 Å². The van der Waals surface area contributed by atoms with Crippen molar-refractivity contribution in [2.75, 3.05) is 6.54 Å². The number of aromatic nitrogens is 1. The van der Waals surface area contributed by atoms with E-state index in [2.05, 4.69) is 10.3 Å². The van der Waals surface area contributed by atoms with Crippen molar-refractivity contribution in [3.63, 3.8) is 0 Å². The van der Waals surface area contributed by atoms with Crippen LogP contribution < -0.4 is 5.32 Å². The molecule has 1 aromatic heterocycles. The highest BCUT2D eigenvalue weighted by molar-refractivity contribution is 7.89. The molecule has 140 valence electrons. The summed E-state index contributed by atoms with van der Waals surface area (Å²) >= 11 is 7.18. The van der Waals surface area contributed by atoms with Crippen LogP contribution in [0.2, 0.25) is 5.02 Å². The minimum absolute atomic E-state index is 0.126. The number of nitrogens with zero attached hydrogens (tertiary/aromatic N) is 2. The van der Waals surface area contributed by atoms with Gasteiger partial charge in [-0.3, -0.25) is 4.79 Å². The maximum Gasteiger partial charge on any atom is 0.243 e. The number of aryl methyl sites for hydroxylation is 1. The van der Waals surface area contributed by atoms with E-state index in [-0.39, 0.29) is 28.9 Å². The molecule has 1 atom stereocenters. The van der Waals surface area contributed by atoms with Crippen LogP contribution in [0.15, 0.2) is 28.5 Å². The molecule has 1 fully saturated rings. The number of amides is 1. The molecule has 2 heterocycles. The highest BCUT2D eigenvalue weighted by atomic mass is 35.5. The molecular formula is C16H17ClFN3O3S2. The van der Waals surface area contributed by atoms with E-state index < -0.39 is 21.9 Å². The van der Waals surface area contributed by atoms with Gasteiger partial charge in [-0.05, 0) is 38.0 Å². The van der Waals surface area contributed by atoms with Crippen LogP contribution in [-0.2, 0) is 21.4 Å². The Bertz CT molecular complexity index is 933. The van der Waals surface area contributed by atoms with E-state index in [9.17, 15) is 17.6 Å². The van der Waals surface area contributed by atoms with Crippen LogP contribution in [0.3, 0.4) is 0 Å². The highest BCUT2D eigenvalue weighted by Crippen LogP contribution is 2.28. The van der Waals surface area contributed by atoms with Crippen molar-refractivity contribution in [3.8, 4) is 0 Å². The number of hydrogen-bond acceptors (Lipinski definition) is 5. The van der Waals surface area contributed by atoms with Crippen molar-refractivity contribution >= 4 is 38.9 Å². The molecule has 1 saturated heterocycles. The minimum atomic E-state index is -3.94. The van der Waals surface area contributed by atoms with E-state index in [4.69, 9.17) is 11.6 Å². The van der Waals surface area contributed by atoms with E-state index in [1.54, 1.807) is 0 Å². The fourth-order valence-corrected chi connectivity index (χ4v) is 5.39. The molecule has 26 heavy (non-hydrogen) atoms. The number of rotatable bonds is 5. The van der Waals surface area contributed by atoms with Gasteiger partial charge in [0.25, 0.3) is 0 Å². The largest absolute Gasteiger partial charge is 0.349 e. The predicted molar refractivity (Wildman–Crippen MR) is 97.0 cm³/mol. The second kappa shape index (κ2) is 7.59. The van der Waals surface area contributed by atoms with Crippen molar-refractivity contribution in [1.29, 1.82) is 0 Å². The Labute approximate surface area is 160 Å². The molecule has 3 rings (SSSR count). The van der Waals surface area contributed by atoms with E-state index in [1.807, 2.05) is 12.3 Å². The van der Waals surface area contributed by atoms with Crippen molar-refractivity contribution in [2.45, 2.75) is 37.2 Å². The summed E-state index contributed by atoms with van der Waals surface area (Å²) in [4.78, 5) is 16.6. The third kappa shape index (κ3) is 3.90. The average molecular weight is 418 g/mol. The lowest BCUT2D eigenvalue weighted by Gasteiger charge is -2.23. The summed E-state index contributed by atoms with van der Waals surface area (Å²) in [5, 5.41) is 5.21. The van der Waals surface area contributed by atoms with Gasteiger partial charge in [-0.15, -0.1) is 11.3 Å². The predicted octanol–water partition coefficient (Wildman–Crippen LogP) is 2.71. The summed E-state index contributed by atoms with van der Waals surface area (Å²) in [6, 6.07) is 2.42. The van der Waals surface area contributed by atoms with Crippen molar-refractivity contribution in [1.82, 2.24) is 14.6 Å². The third-order valence-corrected chi connectivity index (χ3v) is 7.13. The van der Waals surface area contributed by atoms with E-state index in [0.29, 0.717) is 12.8 Å². The molecule has 0 spiro atoms. The zero-order valence-electron chi connectivity index (χ0n) is 13.9. The van der Waals surface area contributed by atoms with Crippen LogP contribution >= 0.6 is 22.9 Å². The Morgan fingerprint density at radius 1 is 1.50 bits per heavy atom. The van der Waals surface area contributed by atoms with Gasteiger partial charge in [0.1, 0.15) is 11.9 Å². The molecular weight excluding hydrogens is 401 g/mol.